The molecule has 1 aromatic carbocycles. The van der Waals surface area contributed by atoms with Crippen molar-refractivity contribution in [2.75, 3.05) is 13.6 Å². The third-order valence-electron chi connectivity index (χ3n) is 3.46. The van der Waals surface area contributed by atoms with E-state index in [4.69, 9.17) is 4.74 Å². The second-order valence-corrected chi connectivity index (χ2v) is 4.91. The first-order valence-electron chi connectivity index (χ1n) is 7.13. The quantitative estimate of drug-likeness (QED) is 0.770. The summed E-state index contributed by atoms with van der Waals surface area (Å²) in [6.45, 7) is 2.46. The monoisotopic (exact) mass is 312 g/mol. The number of amides is 1. The highest BCUT2D eigenvalue weighted by molar-refractivity contribution is 5.96. The second-order valence-electron chi connectivity index (χ2n) is 4.91. The van der Waals surface area contributed by atoms with Crippen LogP contribution in [-0.2, 0) is 0 Å². The van der Waals surface area contributed by atoms with Crippen molar-refractivity contribution in [2.24, 2.45) is 0 Å². The number of nitrogens with one attached hydrogen (secondary N) is 2. The smallest absolute Gasteiger partial charge is 0.409 e. The van der Waals surface area contributed by atoms with Gasteiger partial charge in [0, 0.05) is 36.3 Å². The first-order valence-corrected chi connectivity index (χ1v) is 7.13. The fraction of sp³-hybridized carbons (Fsp3) is 0.200. The average Bonchev–Trinajstić information content (AvgIpc) is 3.22. The van der Waals surface area contributed by atoms with E-state index < -0.39 is 6.09 Å². The zero-order valence-corrected chi connectivity index (χ0v) is 12.8. The molecule has 0 fully saturated rings. The van der Waals surface area contributed by atoms with Gasteiger partial charge in [-0.05, 0) is 36.4 Å². The van der Waals surface area contributed by atoms with E-state index in [2.05, 4.69) is 25.6 Å². The van der Waals surface area contributed by atoms with Crippen molar-refractivity contribution in [1.82, 2.24) is 30.5 Å². The molecule has 3 aromatic rings. The van der Waals surface area contributed by atoms with E-state index in [0.29, 0.717) is 18.1 Å². The lowest BCUT2D eigenvalue weighted by atomic mass is 10.1. The van der Waals surface area contributed by atoms with Crippen LogP contribution in [0, 0.1) is 0 Å². The highest BCUT2D eigenvalue weighted by Crippen LogP contribution is 2.30. The van der Waals surface area contributed by atoms with Gasteiger partial charge in [-0.1, -0.05) is 6.07 Å². The van der Waals surface area contributed by atoms with Crippen molar-refractivity contribution in [2.45, 2.75) is 6.92 Å². The fourth-order valence-corrected chi connectivity index (χ4v) is 2.10. The number of rotatable bonds is 4. The van der Waals surface area contributed by atoms with Gasteiger partial charge in [-0.15, -0.1) is 10.2 Å². The fourth-order valence-electron chi connectivity index (χ4n) is 2.10. The molecule has 0 aliphatic heterocycles. The Morgan fingerprint density at radius 3 is 3.00 bits per heavy atom. The van der Waals surface area contributed by atoms with Crippen LogP contribution >= 0.6 is 0 Å². The molecule has 2 aromatic heterocycles. The topological polar surface area (TPSA) is 99.8 Å². The second kappa shape index (κ2) is 6.30. The number of nitrogens with zero attached hydrogens (tertiary/aromatic N) is 4. The number of aromatic nitrogens is 5. The van der Waals surface area contributed by atoms with Gasteiger partial charge in [-0.25, -0.2) is 4.79 Å². The lowest BCUT2D eigenvalue weighted by molar-refractivity contribution is 0.166. The molecule has 0 aliphatic rings. The van der Waals surface area contributed by atoms with Crippen molar-refractivity contribution in [3.05, 3.63) is 35.8 Å². The van der Waals surface area contributed by atoms with Gasteiger partial charge in [0.05, 0.1) is 0 Å². The van der Waals surface area contributed by atoms with Gasteiger partial charge in [0.2, 0.25) is 0 Å². The largest absolute Gasteiger partial charge is 0.414 e. The van der Waals surface area contributed by atoms with Crippen LogP contribution in [0.25, 0.3) is 23.1 Å². The van der Waals surface area contributed by atoms with Crippen molar-refractivity contribution >= 4 is 29.1 Å². The Hall–Kier alpha value is -3.16. The van der Waals surface area contributed by atoms with Crippen molar-refractivity contribution in [3.8, 4) is 5.75 Å². The van der Waals surface area contributed by atoms with Crippen LogP contribution in [0.15, 0.2) is 24.4 Å². The van der Waals surface area contributed by atoms with Crippen molar-refractivity contribution < 1.29 is 9.53 Å². The summed E-state index contributed by atoms with van der Waals surface area (Å²) in [7, 11) is 1.69. The zero-order valence-electron chi connectivity index (χ0n) is 12.8. The number of tetrazole rings is 1. The van der Waals surface area contributed by atoms with Gasteiger partial charge in [-0.3, -0.25) is 0 Å². The molecular weight excluding hydrogens is 296 g/mol. The summed E-state index contributed by atoms with van der Waals surface area (Å²) in [5.74, 6) is 0.973. The summed E-state index contributed by atoms with van der Waals surface area (Å²) in [4.78, 5) is 16.7. The minimum Gasteiger partial charge on any atom is -0.409 e. The minimum absolute atomic E-state index is 0.394. The summed E-state index contributed by atoms with van der Waals surface area (Å²) >= 11 is 0. The Kier molecular flexibility index (Phi) is 4.05. The van der Waals surface area contributed by atoms with E-state index in [1.807, 2.05) is 31.3 Å². The molecule has 0 saturated carbocycles. The van der Waals surface area contributed by atoms with Gasteiger partial charge in [0.1, 0.15) is 5.75 Å². The van der Waals surface area contributed by atoms with Crippen LogP contribution in [0.3, 0.4) is 0 Å². The summed E-state index contributed by atoms with van der Waals surface area (Å²) in [6.07, 6.45) is 5.00. The Morgan fingerprint density at radius 2 is 2.26 bits per heavy atom. The van der Waals surface area contributed by atoms with Crippen molar-refractivity contribution in [3.63, 3.8) is 0 Å². The molecule has 3 rings (SSSR count). The number of benzene rings is 1. The predicted octanol–water partition coefficient (Wildman–Crippen LogP) is 2.30. The molecule has 8 nitrogen and oxygen atoms in total. The number of H-pyrrole nitrogens is 2. The highest BCUT2D eigenvalue weighted by atomic mass is 16.6. The first-order chi connectivity index (χ1) is 11.2. The molecule has 23 heavy (non-hydrogen) atoms. The molecule has 8 heteroatoms. The van der Waals surface area contributed by atoms with Crippen LogP contribution < -0.4 is 4.74 Å². The standard InChI is InChI=1S/C15H16N6O2/c1-3-21(2)15(22)23-12-6-4-5-11-14(12)10(9-16-11)7-8-13-17-19-20-18-13/h4-9,16H,3H2,1-2H3,(H,17,18,19,20). The van der Waals surface area contributed by atoms with Gasteiger partial charge in [-0.2, -0.15) is 5.21 Å². The molecule has 2 N–H and O–H groups in total. The molecule has 0 spiro atoms. The molecule has 1 amide bonds. The van der Waals surface area contributed by atoms with E-state index in [-0.39, 0.29) is 0 Å². The summed E-state index contributed by atoms with van der Waals surface area (Å²) < 4.78 is 5.50. The summed E-state index contributed by atoms with van der Waals surface area (Å²) in [5, 5.41) is 14.4. The normalized spacial score (nSPS) is 11.2. The van der Waals surface area contributed by atoms with Gasteiger partial charge in [0.25, 0.3) is 0 Å². The zero-order chi connectivity index (χ0) is 16.2. The van der Waals surface area contributed by atoms with Crippen LogP contribution in [0.2, 0.25) is 0 Å². The third kappa shape index (κ3) is 3.05. The lowest BCUT2D eigenvalue weighted by Crippen LogP contribution is -2.29. The third-order valence-corrected chi connectivity index (χ3v) is 3.46. The Morgan fingerprint density at radius 1 is 1.39 bits per heavy atom. The molecule has 0 aliphatic carbocycles. The van der Waals surface area contributed by atoms with E-state index >= 15 is 0 Å². The van der Waals surface area contributed by atoms with Gasteiger partial charge in [0.15, 0.2) is 5.82 Å². The molecule has 118 valence electrons. The van der Waals surface area contributed by atoms with Crippen LogP contribution in [0.5, 0.6) is 5.75 Å². The summed E-state index contributed by atoms with van der Waals surface area (Å²) in [5.41, 5.74) is 1.74. The van der Waals surface area contributed by atoms with Crippen LogP contribution in [-0.4, -0.2) is 50.2 Å². The molecule has 0 bridgehead atoms. The predicted molar refractivity (Wildman–Crippen MR) is 85.7 cm³/mol. The summed E-state index contributed by atoms with van der Waals surface area (Å²) in [6, 6.07) is 5.52. The first kappa shape index (κ1) is 14.8. The van der Waals surface area contributed by atoms with Crippen LogP contribution in [0.4, 0.5) is 4.79 Å². The van der Waals surface area contributed by atoms with Gasteiger partial charge >= 0.3 is 6.09 Å². The minimum atomic E-state index is -0.394. The number of hydrogen-bond acceptors (Lipinski definition) is 5. The molecule has 0 saturated heterocycles. The lowest BCUT2D eigenvalue weighted by Gasteiger charge is -2.14. The molecular formula is C15H16N6O2. The number of aromatic amines is 2. The maximum Gasteiger partial charge on any atom is 0.414 e. The van der Waals surface area contributed by atoms with Crippen molar-refractivity contribution in [1.29, 1.82) is 0 Å². The Labute approximate surface area is 132 Å². The number of carbonyl (C=O) groups excluding carboxylic acids is 1. The number of carbonyl (C=O) groups is 1. The Bertz CT molecular complexity index is 837. The van der Waals surface area contributed by atoms with E-state index in [1.165, 1.54) is 4.90 Å². The van der Waals surface area contributed by atoms with E-state index in [1.54, 1.807) is 19.2 Å². The highest BCUT2D eigenvalue weighted by Gasteiger charge is 2.14. The molecule has 0 unspecified atom stereocenters. The van der Waals surface area contributed by atoms with E-state index in [0.717, 1.165) is 16.5 Å². The SMILES string of the molecule is CCN(C)C(=O)Oc1cccc2[nH]cc(C=Cc3nn[nH]n3)c12. The number of fused-ring (bicyclic) bond motifs is 1. The average molecular weight is 312 g/mol. The maximum atomic E-state index is 12.0. The van der Waals surface area contributed by atoms with Crippen LogP contribution in [0.1, 0.15) is 18.3 Å². The number of ether oxygens (including phenoxy) is 1. The molecule has 0 atom stereocenters. The molecule has 2 heterocycles. The van der Waals surface area contributed by atoms with Gasteiger partial charge < -0.3 is 14.6 Å². The Balaban J connectivity index is 1.95. The van der Waals surface area contributed by atoms with E-state index in [9.17, 15) is 4.79 Å². The maximum absolute atomic E-state index is 12.0. The number of hydrogen-bond donors (Lipinski definition) is 2. The molecule has 0 radical (unpaired) electrons.